The normalized spacial score (nSPS) is 22.2. The highest BCUT2D eigenvalue weighted by atomic mass is 35.5. The Hall–Kier alpha value is -1.52. The van der Waals surface area contributed by atoms with Crippen molar-refractivity contribution in [2.75, 3.05) is 7.05 Å². The summed E-state index contributed by atoms with van der Waals surface area (Å²) in [6, 6.07) is 4.48. The second-order valence-electron chi connectivity index (χ2n) is 5.22. The third-order valence-corrected chi connectivity index (χ3v) is 4.82. The summed E-state index contributed by atoms with van der Waals surface area (Å²) in [4.78, 5) is 26.0. The van der Waals surface area contributed by atoms with Gasteiger partial charge in [-0.15, -0.1) is 0 Å². The molecule has 0 radical (unpaired) electrons. The average Bonchev–Trinajstić information content (AvgIpc) is 2.46. The van der Waals surface area contributed by atoms with Crippen molar-refractivity contribution in [3.63, 3.8) is 0 Å². The van der Waals surface area contributed by atoms with E-state index in [1.54, 1.807) is 25.2 Å². The van der Waals surface area contributed by atoms with Crippen LogP contribution in [0.2, 0.25) is 10.0 Å². The number of amides is 2. The van der Waals surface area contributed by atoms with Crippen LogP contribution in [0.4, 0.5) is 4.79 Å². The second-order valence-corrected chi connectivity index (χ2v) is 6.01. The number of hydrogen-bond donors (Lipinski definition) is 1. The molecule has 1 heterocycles. The van der Waals surface area contributed by atoms with Crippen molar-refractivity contribution in [2.45, 2.75) is 25.3 Å². The molecule has 3 rings (SSSR count). The number of rotatable bonds is 1. The number of carbonyl (C=O) groups is 2. The SMILES string of the molecule is CN1C(=O)N[C@H](c2cccc(Cl)c2Cl)C2=C1CCCC2=O. The van der Waals surface area contributed by atoms with E-state index >= 15 is 0 Å². The molecule has 0 spiro atoms. The molecule has 4 nitrogen and oxygen atoms in total. The molecule has 1 aliphatic heterocycles. The molecule has 0 aromatic heterocycles. The van der Waals surface area contributed by atoms with E-state index < -0.39 is 6.04 Å². The molecular weight excluding hydrogens is 311 g/mol. The second kappa shape index (κ2) is 5.35. The van der Waals surface area contributed by atoms with Gasteiger partial charge in [-0.2, -0.15) is 0 Å². The molecule has 1 aromatic carbocycles. The van der Waals surface area contributed by atoms with Gasteiger partial charge in [-0.25, -0.2) is 4.79 Å². The highest BCUT2D eigenvalue weighted by molar-refractivity contribution is 6.42. The van der Waals surface area contributed by atoms with Crippen molar-refractivity contribution in [1.82, 2.24) is 10.2 Å². The number of urea groups is 1. The summed E-state index contributed by atoms with van der Waals surface area (Å²) in [5.41, 5.74) is 2.08. The van der Waals surface area contributed by atoms with E-state index in [1.807, 2.05) is 0 Å². The van der Waals surface area contributed by atoms with Crippen LogP contribution in [0.15, 0.2) is 29.5 Å². The Morgan fingerprint density at radius 2 is 2.00 bits per heavy atom. The number of carbonyl (C=O) groups excluding carboxylic acids is 2. The number of nitrogens with one attached hydrogen (secondary N) is 1. The quantitative estimate of drug-likeness (QED) is 0.856. The number of allylic oxidation sites excluding steroid dienone is 1. The third-order valence-electron chi connectivity index (χ3n) is 3.99. The van der Waals surface area contributed by atoms with E-state index in [-0.39, 0.29) is 11.8 Å². The first-order valence-corrected chi connectivity index (χ1v) is 7.50. The van der Waals surface area contributed by atoms with Gasteiger partial charge in [0.2, 0.25) is 0 Å². The van der Waals surface area contributed by atoms with Crippen LogP contribution in [0.3, 0.4) is 0 Å². The Labute approximate surface area is 132 Å². The smallest absolute Gasteiger partial charge is 0.322 e. The lowest BCUT2D eigenvalue weighted by Crippen LogP contribution is -2.47. The standard InChI is InChI=1S/C15H14Cl2N2O2/c1-19-10-6-3-7-11(20)12(10)14(18-15(19)21)8-4-2-5-9(16)13(8)17/h2,4-5,14H,3,6-7H2,1H3,(H,18,21)/t14-/m1/s1. The predicted molar refractivity (Wildman–Crippen MR) is 81.4 cm³/mol. The maximum absolute atomic E-state index is 12.3. The van der Waals surface area contributed by atoms with E-state index in [2.05, 4.69) is 5.32 Å². The molecule has 21 heavy (non-hydrogen) atoms. The molecule has 1 aliphatic carbocycles. The predicted octanol–water partition coefficient (Wildman–Crippen LogP) is 3.70. The van der Waals surface area contributed by atoms with Crippen molar-refractivity contribution in [3.05, 3.63) is 45.1 Å². The molecule has 0 saturated heterocycles. The molecule has 1 aromatic rings. The monoisotopic (exact) mass is 324 g/mol. The van der Waals surface area contributed by atoms with Crippen molar-refractivity contribution >= 4 is 35.0 Å². The van der Waals surface area contributed by atoms with Crippen LogP contribution in [0, 0.1) is 0 Å². The molecule has 0 bridgehead atoms. The van der Waals surface area contributed by atoms with Crippen molar-refractivity contribution < 1.29 is 9.59 Å². The summed E-state index contributed by atoms with van der Waals surface area (Å²) in [6.07, 6.45) is 1.99. The first-order valence-electron chi connectivity index (χ1n) is 6.75. The fraction of sp³-hybridized carbons (Fsp3) is 0.333. The van der Waals surface area contributed by atoms with Gasteiger partial charge in [-0.3, -0.25) is 4.79 Å². The van der Waals surface area contributed by atoms with Gasteiger partial charge in [0.15, 0.2) is 5.78 Å². The summed E-state index contributed by atoms with van der Waals surface area (Å²) < 4.78 is 0. The third kappa shape index (κ3) is 2.32. The number of ketones is 1. The number of hydrogen-bond acceptors (Lipinski definition) is 2. The minimum absolute atomic E-state index is 0.0594. The van der Waals surface area contributed by atoms with E-state index in [0.29, 0.717) is 27.6 Å². The Bertz CT molecular complexity index is 670. The Morgan fingerprint density at radius 3 is 2.76 bits per heavy atom. The first-order chi connectivity index (χ1) is 10.0. The van der Waals surface area contributed by atoms with Crippen LogP contribution >= 0.6 is 23.2 Å². The van der Waals surface area contributed by atoms with Gasteiger partial charge in [0, 0.05) is 24.7 Å². The average molecular weight is 325 g/mol. The molecule has 0 unspecified atom stereocenters. The van der Waals surface area contributed by atoms with Crippen LogP contribution in [-0.4, -0.2) is 23.8 Å². The van der Waals surface area contributed by atoms with E-state index in [0.717, 1.165) is 18.5 Å². The molecule has 1 atom stereocenters. The largest absolute Gasteiger partial charge is 0.327 e. The van der Waals surface area contributed by atoms with Gasteiger partial charge in [-0.05, 0) is 24.5 Å². The summed E-state index contributed by atoms with van der Waals surface area (Å²) in [6.45, 7) is 0. The van der Waals surface area contributed by atoms with Crippen LogP contribution in [0.5, 0.6) is 0 Å². The zero-order chi connectivity index (χ0) is 15.1. The molecule has 6 heteroatoms. The summed E-state index contributed by atoms with van der Waals surface area (Å²) >= 11 is 12.3. The molecule has 110 valence electrons. The van der Waals surface area contributed by atoms with Gasteiger partial charge in [-0.1, -0.05) is 35.3 Å². The maximum atomic E-state index is 12.3. The van der Waals surface area contributed by atoms with Crippen LogP contribution in [0.1, 0.15) is 30.9 Å². The van der Waals surface area contributed by atoms with E-state index in [9.17, 15) is 9.59 Å². The number of benzene rings is 1. The van der Waals surface area contributed by atoms with Gasteiger partial charge in [0.05, 0.1) is 16.1 Å². The van der Waals surface area contributed by atoms with Gasteiger partial charge in [0.1, 0.15) is 0 Å². The van der Waals surface area contributed by atoms with E-state index in [4.69, 9.17) is 23.2 Å². The summed E-state index contributed by atoms with van der Waals surface area (Å²) in [7, 11) is 1.68. The summed E-state index contributed by atoms with van der Waals surface area (Å²) in [5, 5.41) is 3.63. The van der Waals surface area contributed by atoms with Gasteiger partial charge >= 0.3 is 6.03 Å². The molecule has 0 fully saturated rings. The Morgan fingerprint density at radius 1 is 1.24 bits per heavy atom. The Kier molecular flexibility index (Phi) is 3.68. The summed E-state index contributed by atoms with van der Waals surface area (Å²) in [5.74, 6) is 0.0594. The van der Waals surface area contributed by atoms with Crippen molar-refractivity contribution in [1.29, 1.82) is 0 Å². The van der Waals surface area contributed by atoms with Crippen molar-refractivity contribution in [2.24, 2.45) is 0 Å². The van der Waals surface area contributed by atoms with Gasteiger partial charge in [0.25, 0.3) is 0 Å². The number of nitrogens with zero attached hydrogens (tertiary/aromatic N) is 1. The van der Waals surface area contributed by atoms with E-state index in [1.165, 1.54) is 4.90 Å². The van der Waals surface area contributed by atoms with Crippen molar-refractivity contribution in [3.8, 4) is 0 Å². The lowest BCUT2D eigenvalue weighted by Gasteiger charge is -2.37. The van der Waals surface area contributed by atoms with Crippen LogP contribution < -0.4 is 5.32 Å². The Balaban J connectivity index is 2.17. The molecule has 1 N–H and O–H groups in total. The van der Waals surface area contributed by atoms with Crippen LogP contribution in [-0.2, 0) is 4.79 Å². The minimum atomic E-state index is -0.525. The molecule has 2 amide bonds. The van der Waals surface area contributed by atoms with Crippen LogP contribution in [0.25, 0.3) is 0 Å². The zero-order valence-electron chi connectivity index (χ0n) is 11.5. The first kappa shape index (κ1) is 14.4. The molecule has 0 saturated carbocycles. The molecule has 2 aliphatic rings. The molecular formula is C15H14Cl2N2O2. The zero-order valence-corrected chi connectivity index (χ0v) is 13.0. The highest BCUT2D eigenvalue weighted by Gasteiger charge is 2.38. The number of halogens is 2. The topological polar surface area (TPSA) is 49.4 Å². The highest BCUT2D eigenvalue weighted by Crippen LogP contribution is 2.40. The van der Waals surface area contributed by atoms with Gasteiger partial charge < -0.3 is 10.2 Å². The minimum Gasteiger partial charge on any atom is -0.327 e. The lowest BCUT2D eigenvalue weighted by molar-refractivity contribution is -0.116. The number of Topliss-reactive ketones (excluding diaryl/α,β-unsaturated/α-hetero) is 1. The fourth-order valence-electron chi connectivity index (χ4n) is 2.91. The fourth-order valence-corrected chi connectivity index (χ4v) is 3.33. The maximum Gasteiger partial charge on any atom is 0.322 e. The lowest BCUT2D eigenvalue weighted by atomic mass is 9.85.